The van der Waals surface area contributed by atoms with Crippen LogP contribution in [0.15, 0.2) is 0 Å². The van der Waals surface area contributed by atoms with Gasteiger partial charge in [0.15, 0.2) is 0 Å². The average molecular weight is 303 g/mol. The van der Waals surface area contributed by atoms with Crippen molar-refractivity contribution in [2.24, 2.45) is 17.4 Å². The molecule has 0 saturated heterocycles. The number of carbonyl (C=O) groups is 1. The van der Waals surface area contributed by atoms with Crippen LogP contribution < -0.4 is 11.5 Å². The Morgan fingerprint density at radius 1 is 1.33 bits per heavy atom. The summed E-state index contributed by atoms with van der Waals surface area (Å²) in [6.07, 6.45) is 2.09. The smallest absolute Gasteiger partial charge is 0.451 e. The average Bonchev–Trinajstić information content (AvgIpc) is 2.13. The fourth-order valence-corrected chi connectivity index (χ4v) is 2.44. The van der Waals surface area contributed by atoms with E-state index in [1.165, 1.54) is 0 Å². The topological polar surface area (TPSA) is 130 Å². The highest BCUT2D eigenvalue weighted by molar-refractivity contribution is 6.40. The van der Waals surface area contributed by atoms with Gasteiger partial charge in [0, 0.05) is 6.04 Å². The third-order valence-electron chi connectivity index (χ3n) is 3.17. The fourth-order valence-electron chi connectivity index (χ4n) is 2.44. The first-order chi connectivity index (χ1) is 7.33. The number of halogens is 2. The summed E-state index contributed by atoms with van der Waals surface area (Å²) in [4.78, 5) is 11.0. The molecule has 7 N–H and O–H groups in total. The molecule has 9 heteroatoms. The van der Waals surface area contributed by atoms with Gasteiger partial charge in [-0.05, 0) is 31.5 Å². The molecule has 3 unspecified atom stereocenters. The van der Waals surface area contributed by atoms with Crippen LogP contribution in [0.2, 0.25) is 6.32 Å². The summed E-state index contributed by atoms with van der Waals surface area (Å²) < 4.78 is 0. The molecule has 1 fully saturated rings. The first-order valence-electron chi connectivity index (χ1n) is 5.47. The number of aliphatic carboxylic acids is 1. The van der Waals surface area contributed by atoms with Gasteiger partial charge in [-0.2, -0.15) is 0 Å². The molecular formula is C9H21BCl2N2O4. The summed E-state index contributed by atoms with van der Waals surface area (Å²) in [7, 11) is -1.35. The summed E-state index contributed by atoms with van der Waals surface area (Å²) >= 11 is 0. The molecule has 0 aromatic carbocycles. The van der Waals surface area contributed by atoms with Crippen molar-refractivity contribution in [2.75, 3.05) is 0 Å². The minimum absolute atomic E-state index is 0. The lowest BCUT2D eigenvalue weighted by Gasteiger charge is -2.38. The molecule has 0 radical (unpaired) electrons. The van der Waals surface area contributed by atoms with Crippen molar-refractivity contribution in [3.63, 3.8) is 0 Å². The molecule has 0 aromatic heterocycles. The van der Waals surface area contributed by atoms with Gasteiger partial charge in [-0.25, -0.2) is 0 Å². The predicted molar refractivity (Wildman–Crippen MR) is 74.0 cm³/mol. The SMILES string of the molecule is Cl.Cl.NC1CC(CCB(O)O)CC(N)(C(=O)O)C1. The first-order valence-corrected chi connectivity index (χ1v) is 5.47. The maximum atomic E-state index is 11.0. The zero-order valence-corrected chi connectivity index (χ0v) is 11.6. The van der Waals surface area contributed by atoms with Crippen LogP contribution in [-0.2, 0) is 4.79 Å². The Balaban J connectivity index is 0. The van der Waals surface area contributed by atoms with Gasteiger partial charge in [-0.15, -0.1) is 24.8 Å². The first kappa shape index (κ1) is 20.3. The van der Waals surface area contributed by atoms with Crippen LogP contribution in [0.5, 0.6) is 0 Å². The minimum Gasteiger partial charge on any atom is -0.480 e. The van der Waals surface area contributed by atoms with Crippen LogP contribution in [0, 0.1) is 5.92 Å². The lowest BCUT2D eigenvalue weighted by molar-refractivity contribution is -0.145. The molecule has 0 heterocycles. The molecule has 6 nitrogen and oxygen atoms in total. The highest BCUT2D eigenvalue weighted by atomic mass is 35.5. The summed E-state index contributed by atoms with van der Waals surface area (Å²) in [6, 6.07) is -0.226. The van der Waals surface area contributed by atoms with E-state index in [0.717, 1.165) is 0 Å². The summed E-state index contributed by atoms with van der Waals surface area (Å²) in [6.45, 7) is 0. The molecule has 0 amide bonds. The Morgan fingerprint density at radius 3 is 2.33 bits per heavy atom. The third-order valence-corrected chi connectivity index (χ3v) is 3.17. The van der Waals surface area contributed by atoms with Gasteiger partial charge in [-0.3, -0.25) is 4.79 Å². The van der Waals surface area contributed by atoms with Crippen molar-refractivity contribution in [2.45, 2.75) is 43.6 Å². The van der Waals surface area contributed by atoms with Gasteiger partial charge in [-0.1, -0.05) is 6.42 Å². The number of nitrogens with two attached hydrogens (primary N) is 2. The van der Waals surface area contributed by atoms with E-state index in [-0.39, 0.29) is 49.5 Å². The zero-order valence-electron chi connectivity index (χ0n) is 9.99. The van der Waals surface area contributed by atoms with E-state index >= 15 is 0 Å². The molecule has 0 spiro atoms. The van der Waals surface area contributed by atoms with E-state index in [1.807, 2.05) is 0 Å². The molecule has 0 aliphatic heterocycles. The Hall–Kier alpha value is -0.0451. The summed E-state index contributed by atoms with van der Waals surface area (Å²) in [5.41, 5.74) is 10.3. The standard InChI is InChI=1S/C9H19BN2O4.2ClH/c11-7-3-6(1-2-10(15)16)4-9(12,5-7)8(13)14;;/h6-7,15-16H,1-5,11-12H2,(H,13,14);2*1H. The highest BCUT2D eigenvalue weighted by Crippen LogP contribution is 2.33. The van der Waals surface area contributed by atoms with E-state index < -0.39 is 18.6 Å². The Labute approximate surface area is 119 Å². The fraction of sp³-hybridized carbons (Fsp3) is 0.889. The van der Waals surface area contributed by atoms with E-state index in [1.54, 1.807) is 0 Å². The monoisotopic (exact) mass is 302 g/mol. The molecule has 0 bridgehead atoms. The summed E-state index contributed by atoms with van der Waals surface area (Å²) in [5.74, 6) is -0.983. The predicted octanol–water partition coefficient (Wildman–Crippen LogP) is -0.398. The number of rotatable bonds is 4. The Kier molecular flexibility index (Phi) is 9.23. The second-order valence-electron chi connectivity index (χ2n) is 4.79. The van der Waals surface area contributed by atoms with Gasteiger partial charge < -0.3 is 26.6 Å². The number of carboxylic acids is 1. The third kappa shape index (κ3) is 5.73. The molecule has 1 aliphatic rings. The molecule has 0 aromatic rings. The van der Waals surface area contributed by atoms with Crippen LogP contribution >= 0.6 is 24.8 Å². The number of carboxylic acid groups (broad SMARTS) is 1. The zero-order chi connectivity index (χ0) is 12.3. The van der Waals surface area contributed by atoms with E-state index in [0.29, 0.717) is 19.3 Å². The maximum Gasteiger partial charge on any atom is 0.451 e. The quantitative estimate of drug-likeness (QED) is 0.449. The van der Waals surface area contributed by atoms with Gasteiger partial charge in [0.1, 0.15) is 5.54 Å². The van der Waals surface area contributed by atoms with Crippen LogP contribution in [0.25, 0.3) is 0 Å². The van der Waals surface area contributed by atoms with Crippen LogP contribution in [0.1, 0.15) is 25.7 Å². The Bertz CT molecular complexity index is 273. The van der Waals surface area contributed by atoms with Crippen molar-refractivity contribution in [1.82, 2.24) is 0 Å². The van der Waals surface area contributed by atoms with Crippen molar-refractivity contribution < 1.29 is 19.9 Å². The van der Waals surface area contributed by atoms with Gasteiger partial charge in [0.05, 0.1) is 0 Å². The van der Waals surface area contributed by atoms with Crippen LogP contribution in [0.3, 0.4) is 0 Å². The van der Waals surface area contributed by atoms with Gasteiger partial charge in [0.2, 0.25) is 0 Å². The summed E-state index contributed by atoms with van der Waals surface area (Å²) in [5, 5.41) is 26.6. The van der Waals surface area contributed by atoms with Gasteiger partial charge in [0.25, 0.3) is 0 Å². The molecule has 18 heavy (non-hydrogen) atoms. The maximum absolute atomic E-state index is 11.0. The van der Waals surface area contributed by atoms with Crippen molar-refractivity contribution in [1.29, 1.82) is 0 Å². The largest absolute Gasteiger partial charge is 0.480 e. The molecule has 1 saturated carbocycles. The second-order valence-corrected chi connectivity index (χ2v) is 4.79. The Morgan fingerprint density at radius 2 is 1.89 bits per heavy atom. The van der Waals surface area contributed by atoms with Crippen molar-refractivity contribution in [3.05, 3.63) is 0 Å². The molecule has 108 valence electrons. The lowest BCUT2D eigenvalue weighted by atomic mass is 9.70. The van der Waals surface area contributed by atoms with E-state index in [2.05, 4.69) is 0 Å². The minimum atomic E-state index is -1.35. The van der Waals surface area contributed by atoms with Gasteiger partial charge >= 0.3 is 13.1 Å². The molecule has 1 rings (SSSR count). The lowest BCUT2D eigenvalue weighted by Crippen LogP contribution is -2.56. The van der Waals surface area contributed by atoms with E-state index in [9.17, 15) is 4.79 Å². The van der Waals surface area contributed by atoms with Crippen molar-refractivity contribution >= 4 is 37.9 Å². The van der Waals surface area contributed by atoms with Crippen LogP contribution in [0.4, 0.5) is 0 Å². The molecular weight excluding hydrogens is 282 g/mol. The van der Waals surface area contributed by atoms with E-state index in [4.69, 9.17) is 26.6 Å². The second kappa shape index (κ2) is 8.19. The number of hydrogen-bond donors (Lipinski definition) is 5. The molecule has 3 atom stereocenters. The van der Waals surface area contributed by atoms with Crippen molar-refractivity contribution in [3.8, 4) is 0 Å². The molecule has 1 aliphatic carbocycles. The highest BCUT2D eigenvalue weighted by Gasteiger charge is 2.42. The number of hydrogen-bond acceptors (Lipinski definition) is 5. The van der Waals surface area contributed by atoms with Crippen LogP contribution in [-0.4, -0.2) is 39.8 Å². The normalized spacial score (nSPS) is 30.9.